The van der Waals surface area contributed by atoms with E-state index in [1.54, 1.807) is 0 Å². The Kier molecular flexibility index (Phi) is 2.05. The molecule has 68 valence electrons. The van der Waals surface area contributed by atoms with Gasteiger partial charge in [0.05, 0.1) is 0 Å². The van der Waals surface area contributed by atoms with Crippen LogP contribution in [-0.4, -0.2) is 30.4 Å². The maximum Gasteiger partial charge on any atom is 0.220 e. The van der Waals surface area contributed by atoms with Gasteiger partial charge in [0.25, 0.3) is 0 Å². The monoisotopic (exact) mass is 168 g/mol. The van der Waals surface area contributed by atoms with Crippen molar-refractivity contribution in [3.8, 4) is 0 Å². The van der Waals surface area contributed by atoms with Gasteiger partial charge < -0.3 is 10.6 Å². The van der Waals surface area contributed by atoms with Gasteiger partial charge in [0.1, 0.15) is 0 Å². The van der Waals surface area contributed by atoms with E-state index in [2.05, 4.69) is 4.90 Å². The summed E-state index contributed by atoms with van der Waals surface area (Å²) in [5, 5.41) is 0. The molecule has 3 rings (SSSR count). The number of fused-ring (bicyclic) bond motifs is 4. The minimum Gasteiger partial charge on any atom is -0.369 e. The van der Waals surface area contributed by atoms with E-state index >= 15 is 0 Å². The first-order valence-corrected chi connectivity index (χ1v) is 4.79. The third kappa shape index (κ3) is 1.33. The summed E-state index contributed by atoms with van der Waals surface area (Å²) in [7, 11) is 0. The summed E-state index contributed by atoms with van der Waals surface area (Å²) in [6.07, 6.45) is 3.33. The number of piperidine rings is 1. The third-order valence-electron chi connectivity index (χ3n) is 3.32. The van der Waals surface area contributed by atoms with Gasteiger partial charge in [-0.15, -0.1) is 0 Å². The Hall–Kier alpha value is -0.570. The first-order chi connectivity index (χ1) is 5.77. The second kappa shape index (κ2) is 3.05. The lowest BCUT2D eigenvalue weighted by Crippen LogP contribution is -2.33. The summed E-state index contributed by atoms with van der Waals surface area (Å²) >= 11 is 0. The summed E-state index contributed by atoms with van der Waals surface area (Å²) < 4.78 is 0. The molecule has 1 atom stereocenters. The zero-order chi connectivity index (χ0) is 8.55. The molecule has 3 nitrogen and oxygen atoms in total. The molecule has 0 saturated carbocycles. The molecule has 0 aliphatic carbocycles. The van der Waals surface area contributed by atoms with Gasteiger partial charge in [-0.2, -0.15) is 0 Å². The number of rotatable bonds is 1. The van der Waals surface area contributed by atoms with Crippen LogP contribution in [0.15, 0.2) is 0 Å². The lowest BCUT2D eigenvalue weighted by atomic mass is 9.84. The highest BCUT2D eigenvalue weighted by Gasteiger charge is 2.33. The fourth-order valence-electron chi connectivity index (χ4n) is 2.51. The average Bonchev–Trinajstić information content (AvgIpc) is 2.36. The number of amides is 1. The maximum absolute atomic E-state index is 11.1. The van der Waals surface area contributed by atoms with Crippen molar-refractivity contribution >= 4 is 5.91 Å². The van der Waals surface area contributed by atoms with Crippen molar-refractivity contribution in [3.05, 3.63) is 0 Å². The second-order valence-electron chi connectivity index (χ2n) is 3.98. The number of carbonyl (C=O) groups is 1. The van der Waals surface area contributed by atoms with Crippen molar-refractivity contribution in [2.24, 2.45) is 17.6 Å². The molecule has 3 fully saturated rings. The standard InChI is InChI=1S/C9H16N2O/c10-9(12)8-3-6-11-4-1-7(8)2-5-11/h7-8H,1-6H2,(H2,10,12). The molecule has 3 heterocycles. The molecule has 1 unspecified atom stereocenters. The Morgan fingerprint density at radius 3 is 2.33 bits per heavy atom. The molecule has 3 saturated heterocycles. The van der Waals surface area contributed by atoms with Gasteiger partial charge in [-0.05, 0) is 44.8 Å². The van der Waals surface area contributed by atoms with Crippen LogP contribution in [0, 0.1) is 11.8 Å². The van der Waals surface area contributed by atoms with Crippen molar-refractivity contribution < 1.29 is 4.79 Å². The normalized spacial score (nSPS) is 40.8. The van der Waals surface area contributed by atoms with Crippen molar-refractivity contribution in [2.75, 3.05) is 19.6 Å². The first-order valence-electron chi connectivity index (χ1n) is 4.79. The van der Waals surface area contributed by atoms with Crippen LogP contribution in [0.25, 0.3) is 0 Å². The molecule has 2 bridgehead atoms. The molecular formula is C9H16N2O. The van der Waals surface area contributed by atoms with Crippen LogP contribution in [0.3, 0.4) is 0 Å². The Morgan fingerprint density at radius 1 is 1.17 bits per heavy atom. The van der Waals surface area contributed by atoms with Crippen LogP contribution >= 0.6 is 0 Å². The lowest BCUT2D eigenvalue weighted by Gasteiger charge is -2.27. The van der Waals surface area contributed by atoms with E-state index in [9.17, 15) is 4.79 Å². The van der Waals surface area contributed by atoms with Gasteiger partial charge >= 0.3 is 0 Å². The van der Waals surface area contributed by atoms with E-state index in [0.717, 1.165) is 13.0 Å². The number of primary amides is 1. The van der Waals surface area contributed by atoms with Gasteiger partial charge in [0, 0.05) is 5.92 Å². The Morgan fingerprint density at radius 2 is 1.75 bits per heavy atom. The minimum atomic E-state index is -0.0799. The molecule has 1 amide bonds. The van der Waals surface area contributed by atoms with E-state index in [-0.39, 0.29) is 11.8 Å². The smallest absolute Gasteiger partial charge is 0.220 e. The average molecular weight is 168 g/mol. The Balaban J connectivity index is 2.10. The van der Waals surface area contributed by atoms with E-state index in [0.29, 0.717) is 5.92 Å². The first kappa shape index (κ1) is 8.05. The molecule has 0 aromatic rings. The molecule has 0 aromatic heterocycles. The van der Waals surface area contributed by atoms with Gasteiger partial charge in [0.15, 0.2) is 0 Å². The molecule has 2 N–H and O–H groups in total. The minimum absolute atomic E-state index is 0.0799. The Labute approximate surface area is 72.9 Å². The number of nitrogens with zero attached hydrogens (tertiary/aromatic N) is 1. The van der Waals surface area contributed by atoms with E-state index in [1.807, 2.05) is 0 Å². The second-order valence-corrected chi connectivity index (χ2v) is 3.98. The summed E-state index contributed by atoms with van der Waals surface area (Å²) in [6.45, 7) is 3.42. The highest BCUT2D eigenvalue weighted by molar-refractivity contribution is 5.77. The fourth-order valence-corrected chi connectivity index (χ4v) is 2.51. The zero-order valence-corrected chi connectivity index (χ0v) is 7.33. The quantitative estimate of drug-likeness (QED) is 0.608. The van der Waals surface area contributed by atoms with Gasteiger partial charge in [0.2, 0.25) is 5.91 Å². The van der Waals surface area contributed by atoms with Crippen LogP contribution < -0.4 is 5.73 Å². The van der Waals surface area contributed by atoms with E-state index < -0.39 is 0 Å². The molecule has 12 heavy (non-hydrogen) atoms. The predicted octanol–water partition coefficient (Wildman–Crippen LogP) is 0.204. The number of hydrogen-bond donors (Lipinski definition) is 1. The summed E-state index contributed by atoms with van der Waals surface area (Å²) in [5.74, 6) is 0.669. The topological polar surface area (TPSA) is 46.3 Å². The molecule has 0 spiro atoms. The molecule has 3 heteroatoms. The number of nitrogens with two attached hydrogens (primary N) is 1. The van der Waals surface area contributed by atoms with Crippen molar-refractivity contribution in [1.29, 1.82) is 0 Å². The molecule has 3 aliphatic rings. The summed E-state index contributed by atoms with van der Waals surface area (Å²) in [6, 6.07) is 0. The molecule has 0 radical (unpaired) electrons. The van der Waals surface area contributed by atoms with Crippen LogP contribution in [0.4, 0.5) is 0 Å². The molecular weight excluding hydrogens is 152 g/mol. The highest BCUT2D eigenvalue weighted by Crippen LogP contribution is 2.31. The van der Waals surface area contributed by atoms with Crippen LogP contribution in [0.2, 0.25) is 0 Å². The SMILES string of the molecule is NC(=O)C1CCN2CCC1CC2. The van der Waals surface area contributed by atoms with Gasteiger partial charge in [-0.3, -0.25) is 4.79 Å². The van der Waals surface area contributed by atoms with E-state index in [4.69, 9.17) is 5.73 Å². The summed E-state index contributed by atoms with van der Waals surface area (Å²) in [5.41, 5.74) is 5.36. The van der Waals surface area contributed by atoms with Crippen molar-refractivity contribution in [1.82, 2.24) is 4.90 Å². The molecule has 3 aliphatic heterocycles. The zero-order valence-electron chi connectivity index (χ0n) is 7.33. The predicted molar refractivity (Wildman–Crippen MR) is 46.5 cm³/mol. The van der Waals surface area contributed by atoms with Gasteiger partial charge in [-0.25, -0.2) is 0 Å². The van der Waals surface area contributed by atoms with Crippen LogP contribution in [-0.2, 0) is 4.79 Å². The fraction of sp³-hybridized carbons (Fsp3) is 0.889. The van der Waals surface area contributed by atoms with E-state index in [1.165, 1.54) is 25.9 Å². The number of carbonyl (C=O) groups excluding carboxylic acids is 1. The number of hydrogen-bond acceptors (Lipinski definition) is 2. The van der Waals surface area contributed by atoms with Crippen molar-refractivity contribution in [3.63, 3.8) is 0 Å². The maximum atomic E-state index is 11.1. The lowest BCUT2D eigenvalue weighted by molar-refractivity contribution is -0.123. The third-order valence-corrected chi connectivity index (χ3v) is 3.32. The largest absolute Gasteiger partial charge is 0.369 e. The summed E-state index contributed by atoms with van der Waals surface area (Å²) in [4.78, 5) is 13.5. The van der Waals surface area contributed by atoms with Crippen LogP contribution in [0.1, 0.15) is 19.3 Å². The van der Waals surface area contributed by atoms with Crippen molar-refractivity contribution in [2.45, 2.75) is 19.3 Å². The Bertz CT molecular complexity index is 185. The highest BCUT2D eigenvalue weighted by atomic mass is 16.1. The molecule has 0 aromatic carbocycles. The van der Waals surface area contributed by atoms with Gasteiger partial charge in [-0.1, -0.05) is 0 Å². The van der Waals surface area contributed by atoms with Crippen LogP contribution in [0.5, 0.6) is 0 Å².